The van der Waals surface area contributed by atoms with Crippen LogP contribution in [0.1, 0.15) is 52.7 Å². The first-order valence-electron chi connectivity index (χ1n) is 9.96. The van der Waals surface area contributed by atoms with Crippen LogP contribution >= 0.6 is 0 Å². The summed E-state index contributed by atoms with van der Waals surface area (Å²) in [7, 11) is 0. The van der Waals surface area contributed by atoms with E-state index in [-0.39, 0.29) is 0 Å². The summed E-state index contributed by atoms with van der Waals surface area (Å²) in [5.41, 5.74) is 7.69. The third-order valence-corrected chi connectivity index (χ3v) is 3.59. The predicted octanol–water partition coefficient (Wildman–Crippen LogP) is 8.72. The topological polar surface area (TPSA) is 0 Å². The minimum Gasteiger partial charge on any atom is -0.0683 e. The van der Waals surface area contributed by atoms with Crippen LogP contribution in [-0.4, -0.2) is 0 Å². The van der Waals surface area contributed by atoms with E-state index in [4.69, 9.17) is 0 Å². The van der Waals surface area contributed by atoms with E-state index in [1.165, 1.54) is 33.4 Å². The number of hydrogen-bond donors (Lipinski definition) is 0. The quantitative estimate of drug-likeness (QED) is 0.434. The lowest BCUT2D eigenvalue weighted by Crippen LogP contribution is -1.82. The van der Waals surface area contributed by atoms with E-state index < -0.39 is 0 Å². The molecule has 3 aromatic rings. The van der Waals surface area contributed by atoms with Crippen molar-refractivity contribution in [1.82, 2.24) is 0 Å². The van der Waals surface area contributed by atoms with Crippen molar-refractivity contribution in [2.24, 2.45) is 0 Å². The highest BCUT2D eigenvalue weighted by atomic mass is 14.1. The molecule has 26 heavy (non-hydrogen) atoms. The second-order valence-corrected chi connectivity index (χ2v) is 5.32. The van der Waals surface area contributed by atoms with Crippen molar-refractivity contribution in [3.63, 3.8) is 0 Å². The van der Waals surface area contributed by atoms with E-state index in [0.717, 1.165) is 0 Å². The monoisotopic (exact) mass is 348 g/mol. The zero-order valence-corrected chi connectivity index (χ0v) is 17.9. The maximum atomic E-state index is 2.22. The molecular formula is C26H36. The Morgan fingerprint density at radius 2 is 0.692 bits per heavy atom. The summed E-state index contributed by atoms with van der Waals surface area (Å²) >= 11 is 0. The van der Waals surface area contributed by atoms with Gasteiger partial charge in [0.05, 0.1) is 0 Å². The van der Waals surface area contributed by atoms with Crippen LogP contribution in [0.15, 0.2) is 72.8 Å². The fraction of sp³-hybridized carbons (Fsp3) is 0.308. The van der Waals surface area contributed by atoms with E-state index in [1.54, 1.807) is 0 Å². The van der Waals surface area contributed by atoms with Gasteiger partial charge in [-0.2, -0.15) is 0 Å². The van der Waals surface area contributed by atoms with Crippen LogP contribution in [0.5, 0.6) is 0 Å². The second kappa shape index (κ2) is 13.9. The molecule has 0 bridgehead atoms. The molecule has 0 N–H and O–H groups in total. The van der Waals surface area contributed by atoms with Gasteiger partial charge in [0.1, 0.15) is 0 Å². The Balaban J connectivity index is 0.000000948. The average Bonchev–Trinajstić information content (AvgIpc) is 2.73. The van der Waals surface area contributed by atoms with Crippen molar-refractivity contribution in [3.05, 3.63) is 83.9 Å². The number of hydrogen-bond acceptors (Lipinski definition) is 0. The highest BCUT2D eigenvalue weighted by Crippen LogP contribution is 2.25. The summed E-state index contributed by atoms with van der Waals surface area (Å²) < 4.78 is 0. The Morgan fingerprint density at radius 3 is 0.962 bits per heavy atom. The van der Waals surface area contributed by atoms with E-state index in [9.17, 15) is 0 Å². The minimum absolute atomic E-state index is 1.27. The molecule has 3 aromatic carbocycles. The maximum absolute atomic E-state index is 2.22. The molecule has 0 heterocycles. The van der Waals surface area contributed by atoms with Crippen molar-refractivity contribution in [1.29, 1.82) is 0 Å². The van der Waals surface area contributed by atoms with Crippen molar-refractivity contribution in [3.8, 4) is 22.3 Å². The minimum atomic E-state index is 1.27. The summed E-state index contributed by atoms with van der Waals surface area (Å²) in [4.78, 5) is 0. The summed E-state index contributed by atoms with van der Waals surface area (Å²) in [6.07, 6.45) is 0. The van der Waals surface area contributed by atoms with Gasteiger partial charge in [-0.25, -0.2) is 0 Å². The molecule has 0 saturated heterocycles. The SMILES string of the molecule is CC.CC.CC.Cc1cccc(-c2ccc(-c3cccc(C)c3)cc2)c1. The Morgan fingerprint density at radius 1 is 0.385 bits per heavy atom. The molecule has 0 heteroatoms. The van der Waals surface area contributed by atoms with Crippen LogP contribution < -0.4 is 0 Å². The molecule has 140 valence electrons. The molecule has 0 aliphatic carbocycles. The van der Waals surface area contributed by atoms with Gasteiger partial charge in [-0.3, -0.25) is 0 Å². The molecular weight excluding hydrogens is 312 g/mol. The lowest BCUT2D eigenvalue weighted by molar-refractivity contribution is 1.46. The summed E-state index contributed by atoms with van der Waals surface area (Å²) in [5, 5.41) is 0. The molecule has 0 spiro atoms. The first kappa shape index (κ1) is 23.7. The van der Waals surface area contributed by atoms with Gasteiger partial charge < -0.3 is 0 Å². The first-order valence-corrected chi connectivity index (χ1v) is 9.96. The van der Waals surface area contributed by atoms with Crippen LogP contribution in [0.4, 0.5) is 0 Å². The van der Waals surface area contributed by atoms with Gasteiger partial charge in [0.15, 0.2) is 0 Å². The summed E-state index contributed by atoms with van der Waals surface area (Å²) in [5.74, 6) is 0. The molecule has 0 aliphatic rings. The van der Waals surface area contributed by atoms with Gasteiger partial charge in [0.25, 0.3) is 0 Å². The largest absolute Gasteiger partial charge is 0.0683 e. The van der Waals surface area contributed by atoms with Crippen molar-refractivity contribution >= 4 is 0 Å². The Kier molecular flexibility index (Phi) is 12.6. The van der Waals surface area contributed by atoms with Gasteiger partial charge in [-0.05, 0) is 36.1 Å². The van der Waals surface area contributed by atoms with Gasteiger partial charge in [-0.15, -0.1) is 0 Å². The normalized spacial score (nSPS) is 8.77. The molecule has 0 radical (unpaired) electrons. The van der Waals surface area contributed by atoms with Crippen LogP contribution in [0, 0.1) is 13.8 Å². The van der Waals surface area contributed by atoms with Gasteiger partial charge in [0, 0.05) is 0 Å². The van der Waals surface area contributed by atoms with Crippen molar-refractivity contribution < 1.29 is 0 Å². The maximum Gasteiger partial charge on any atom is -0.0181 e. The van der Waals surface area contributed by atoms with E-state index in [0.29, 0.717) is 0 Å². The van der Waals surface area contributed by atoms with E-state index >= 15 is 0 Å². The fourth-order valence-electron chi connectivity index (χ4n) is 2.50. The summed E-state index contributed by atoms with van der Waals surface area (Å²) in [6, 6.07) is 26.1. The Labute approximate surface area is 161 Å². The zero-order chi connectivity index (χ0) is 19.9. The van der Waals surface area contributed by atoms with Crippen molar-refractivity contribution in [2.75, 3.05) is 0 Å². The zero-order valence-electron chi connectivity index (χ0n) is 17.9. The molecule has 0 amide bonds. The Bertz CT molecular complexity index is 657. The highest BCUT2D eigenvalue weighted by molar-refractivity contribution is 5.70. The molecule has 0 unspecified atom stereocenters. The molecule has 0 fully saturated rings. The lowest BCUT2D eigenvalue weighted by atomic mass is 9.99. The van der Waals surface area contributed by atoms with Crippen LogP contribution in [0.25, 0.3) is 22.3 Å². The van der Waals surface area contributed by atoms with Crippen LogP contribution in [0.2, 0.25) is 0 Å². The molecule has 3 rings (SSSR count). The third kappa shape index (κ3) is 7.27. The molecule has 0 aromatic heterocycles. The standard InChI is InChI=1S/C20H18.3C2H6/c1-15-5-3-7-19(13-15)17-9-11-18(12-10-17)20-8-4-6-16(2)14-20;3*1-2/h3-14H,1-2H3;3*1-2H3. The summed E-state index contributed by atoms with van der Waals surface area (Å²) in [6.45, 7) is 16.3. The fourth-order valence-corrected chi connectivity index (χ4v) is 2.50. The highest BCUT2D eigenvalue weighted by Gasteiger charge is 2.00. The van der Waals surface area contributed by atoms with Gasteiger partial charge >= 0.3 is 0 Å². The van der Waals surface area contributed by atoms with E-state index in [2.05, 4.69) is 86.6 Å². The molecule has 0 aliphatic heterocycles. The number of rotatable bonds is 2. The van der Waals surface area contributed by atoms with Gasteiger partial charge in [-0.1, -0.05) is 125 Å². The second-order valence-electron chi connectivity index (χ2n) is 5.32. The predicted molar refractivity (Wildman–Crippen MR) is 121 cm³/mol. The van der Waals surface area contributed by atoms with Crippen LogP contribution in [0.3, 0.4) is 0 Å². The molecule has 0 saturated carbocycles. The third-order valence-electron chi connectivity index (χ3n) is 3.59. The molecule has 0 atom stereocenters. The lowest BCUT2D eigenvalue weighted by Gasteiger charge is -2.06. The number of benzene rings is 3. The van der Waals surface area contributed by atoms with Crippen molar-refractivity contribution in [2.45, 2.75) is 55.4 Å². The first-order chi connectivity index (χ1) is 12.7. The Hall–Kier alpha value is -2.34. The van der Waals surface area contributed by atoms with Crippen LogP contribution in [-0.2, 0) is 0 Å². The smallest absolute Gasteiger partial charge is 0.0181 e. The number of aryl methyl sites for hydroxylation is 2. The van der Waals surface area contributed by atoms with Gasteiger partial charge in [0.2, 0.25) is 0 Å². The van der Waals surface area contributed by atoms with E-state index in [1.807, 2.05) is 41.5 Å². The average molecular weight is 349 g/mol. The molecule has 0 nitrogen and oxygen atoms in total.